The Kier molecular flexibility index (Phi) is 4.93. The van der Waals surface area contributed by atoms with Crippen molar-refractivity contribution in [2.45, 2.75) is 6.04 Å². The molecule has 0 aliphatic carbocycles. The minimum Gasteiger partial charge on any atom is -0.495 e. The Bertz CT molecular complexity index is 664. The van der Waals surface area contributed by atoms with Gasteiger partial charge in [0.15, 0.2) is 0 Å². The first-order chi connectivity index (χ1) is 9.99. The lowest BCUT2D eigenvalue weighted by Gasteiger charge is -2.19. The van der Waals surface area contributed by atoms with Crippen molar-refractivity contribution in [2.75, 3.05) is 14.2 Å². The van der Waals surface area contributed by atoms with Gasteiger partial charge in [0.1, 0.15) is 22.3 Å². The average Bonchev–Trinajstić information content (AvgIpc) is 2.46. The Hall–Kier alpha value is -1.49. The van der Waals surface area contributed by atoms with E-state index in [1.54, 1.807) is 18.2 Å². The van der Waals surface area contributed by atoms with Crippen LogP contribution in [0.4, 0.5) is 4.39 Å². The summed E-state index contributed by atoms with van der Waals surface area (Å²) < 4.78 is 23.6. The largest absolute Gasteiger partial charge is 0.495 e. The van der Waals surface area contributed by atoms with Crippen molar-refractivity contribution in [3.63, 3.8) is 0 Å². The van der Waals surface area contributed by atoms with Crippen molar-refractivity contribution in [3.8, 4) is 11.5 Å². The summed E-state index contributed by atoms with van der Waals surface area (Å²) in [5.74, 6) is 0.467. The van der Waals surface area contributed by atoms with Crippen LogP contribution in [0.1, 0.15) is 17.2 Å². The molecule has 0 aromatic heterocycles. The summed E-state index contributed by atoms with van der Waals surface area (Å²) in [6, 6.07) is 6.90. The van der Waals surface area contributed by atoms with Gasteiger partial charge in [-0.25, -0.2) is 4.39 Å². The highest BCUT2D eigenvalue weighted by atomic mass is 35.5. The Labute approximate surface area is 132 Å². The third-order valence-electron chi connectivity index (χ3n) is 3.15. The summed E-state index contributed by atoms with van der Waals surface area (Å²) in [5.41, 5.74) is 7.43. The second-order valence-electron chi connectivity index (χ2n) is 4.35. The lowest BCUT2D eigenvalue weighted by Crippen LogP contribution is -2.14. The molecule has 0 saturated heterocycles. The molecule has 2 N–H and O–H groups in total. The Morgan fingerprint density at radius 1 is 1.05 bits per heavy atom. The predicted octanol–water partition coefficient (Wildman–Crippen LogP) is 4.20. The summed E-state index contributed by atoms with van der Waals surface area (Å²) >= 11 is 12.3. The molecule has 1 unspecified atom stereocenters. The summed E-state index contributed by atoms with van der Waals surface area (Å²) in [6.07, 6.45) is 0. The first-order valence-electron chi connectivity index (χ1n) is 6.10. The van der Waals surface area contributed by atoms with Gasteiger partial charge in [0.05, 0.1) is 20.3 Å². The van der Waals surface area contributed by atoms with Crippen LogP contribution in [-0.2, 0) is 0 Å². The number of rotatable bonds is 4. The maximum absolute atomic E-state index is 13.1. The quantitative estimate of drug-likeness (QED) is 0.914. The van der Waals surface area contributed by atoms with Crippen molar-refractivity contribution in [1.82, 2.24) is 0 Å². The molecule has 1 atom stereocenters. The van der Waals surface area contributed by atoms with Crippen LogP contribution >= 0.6 is 23.2 Å². The number of ether oxygens (including phenoxy) is 2. The van der Waals surface area contributed by atoms with Gasteiger partial charge in [-0.3, -0.25) is 0 Å². The molecule has 0 bridgehead atoms. The van der Waals surface area contributed by atoms with Gasteiger partial charge in [-0.15, -0.1) is 0 Å². The van der Waals surface area contributed by atoms with Gasteiger partial charge in [0.25, 0.3) is 0 Å². The number of halogens is 3. The zero-order valence-corrected chi connectivity index (χ0v) is 13.0. The molecule has 2 rings (SSSR count). The Balaban J connectivity index is 2.52. The van der Waals surface area contributed by atoms with E-state index in [1.807, 2.05) is 0 Å². The lowest BCUT2D eigenvalue weighted by molar-refractivity contribution is 0.390. The molecule has 2 aromatic carbocycles. The van der Waals surface area contributed by atoms with E-state index in [0.29, 0.717) is 27.6 Å². The first-order valence-corrected chi connectivity index (χ1v) is 6.86. The van der Waals surface area contributed by atoms with Gasteiger partial charge in [0, 0.05) is 10.6 Å². The smallest absolute Gasteiger partial charge is 0.146 e. The third-order valence-corrected chi connectivity index (χ3v) is 3.83. The summed E-state index contributed by atoms with van der Waals surface area (Å²) in [5, 5.41) is 0.572. The molecule has 0 aliphatic rings. The normalized spacial score (nSPS) is 12.1. The van der Waals surface area contributed by atoms with Crippen molar-refractivity contribution in [2.24, 2.45) is 5.73 Å². The fourth-order valence-electron chi connectivity index (χ4n) is 2.08. The van der Waals surface area contributed by atoms with E-state index in [0.717, 1.165) is 0 Å². The number of hydrogen-bond acceptors (Lipinski definition) is 3. The highest BCUT2D eigenvalue weighted by Crippen LogP contribution is 2.41. The molecule has 0 heterocycles. The zero-order chi connectivity index (χ0) is 15.6. The highest BCUT2D eigenvalue weighted by Gasteiger charge is 2.21. The molecule has 2 aromatic rings. The topological polar surface area (TPSA) is 44.5 Å². The molecule has 0 amide bonds. The standard InChI is InChI=1S/C15H14Cl2FNO2/c1-20-12-6-5-10(15(21-2)13(12)17)14(19)9-4-3-8(18)7-11(9)16/h3-7,14H,19H2,1-2H3. The van der Waals surface area contributed by atoms with E-state index in [9.17, 15) is 4.39 Å². The third kappa shape index (κ3) is 3.07. The van der Waals surface area contributed by atoms with Gasteiger partial charge in [-0.2, -0.15) is 0 Å². The van der Waals surface area contributed by atoms with Crippen molar-refractivity contribution >= 4 is 23.2 Å². The first kappa shape index (κ1) is 15.9. The molecule has 112 valence electrons. The SMILES string of the molecule is COc1ccc(C(N)c2ccc(F)cc2Cl)c(OC)c1Cl. The second kappa shape index (κ2) is 6.52. The van der Waals surface area contributed by atoms with Crippen LogP contribution in [0.15, 0.2) is 30.3 Å². The second-order valence-corrected chi connectivity index (χ2v) is 5.13. The molecule has 0 radical (unpaired) electrons. The van der Waals surface area contributed by atoms with E-state index in [4.69, 9.17) is 38.4 Å². The van der Waals surface area contributed by atoms with E-state index in [1.165, 1.54) is 26.4 Å². The minimum absolute atomic E-state index is 0.247. The lowest BCUT2D eigenvalue weighted by atomic mass is 9.98. The molecule has 0 saturated carbocycles. The molecule has 0 aliphatic heterocycles. The highest BCUT2D eigenvalue weighted by molar-refractivity contribution is 6.33. The van der Waals surface area contributed by atoms with Crippen molar-refractivity contribution in [3.05, 3.63) is 57.3 Å². The molecule has 0 spiro atoms. The monoisotopic (exact) mass is 329 g/mol. The fraction of sp³-hybridized carbons (Fsp3) is 0.200. The molecule has 21 heavy (non-hydrogen) atoms. The Morgan fingerprint density at radius 2 is 1.71 bits per heavy atom. The maximum Gasteiger partial charge on any atom is 0.146 e. The van der Waals surface area contributed by atoms with Gasteiger partial charge >= 0.3 is 0 Å². The van der Waals surface area contributed by atoms with Gasteiger partial charge in [-0.1, -0.05) is 29.3 Å². The maximum atomic E-state index is 13.1. The predicted molar refractivity (Wildman–Crippen MR) is 82.0 cm³/mol. The average molecular weight is 330 g/mol. The van der Waals surface area contributed by atoms with Gasteiger partial charge < -0.3 is 15.2 Å². The number of benzene rings is 2. The van der Waals surface area contributed by atoms with E-state index >= 15 is 0 Å². The van der Waals surface area contributed by atoms with Gasteiger partial charge in [0.2, 0.25) is 0 Å². The number of nitrogens with two attached hydrogens (primary N) is 1. The van der Waals surface area contributed by atoms with E-state index in [2.05, 4.69) is 0 Å². The minimum atomic E-state index is -0.601. The van der Waals surface area contributed by atoms with Crippen molar-refractivity contribution < 1.29 is 13.9 Å². The van der Waals surface area contributed by atoms with E-state index in [-0.39, 0.29) is 5.02 Å². The zero-order valence-electron chi connectivity index (χ0n) is 11.5. The summed E-state index contributed by atoms with van der Waals surface area (Å²) in [4.78, 5) is 0. The van der Waals surface area contributed by atoms with Crippen LogP contribution in [0.3, 0.4) is 0 Å². The van der Waals surface area contributed by atoms with Crippen LogP contribution in [0.5, 0.6) is 11.5 Å². The van der Waals surface area contributed by atoms with Crippen LogP contribution in [0.25, 0.3) is 0 Å². The molecule has 3 nitrogen and oxygen atoms in total. The van der Waals surface area contributed by atoms with Crippen LogP contribution < -0.4 is 15.2 Å². The van der Waals surface area contributed by atoms with E-state index < -0.39 is 11.9 Å². The number of methoxy groups -OCH3 is 2. The van der Waals surface area contributed by atoms with Crippen LogP contribution in [0, 0.1) is 5.82 Å². The Morgan fingerprint density at radius 3 is 2.29 bits per heavy atom. The molecule has 0 fully saturated rings. The van der Waals surface area contributed by atoms with Crippen molar-refractivity contribution in [1.29, 1.82) is 0 Å². The molecule has 6 heteroatoms. The van der Waals surface area contributed by atoms with Gasteiger partial charge in [-0.05, 0) is 29.8 Å². The van der Waals surface area contributed by atoms with Crippen LogP contribution in [0.2, 0.25) is 10.0 Å². The number of hydrogen-bond donors (Lipinski definition) is 1. The van der Waals surface area contributed by atoms with Crippen LogP contribution in [-0.4, -0.2) is 14.2 Å². The summed E-state index contributed by atoms with van der Waals surface area (Å²) in [7, 11) is 3.00. The molecular weight excluding hydrogens is 316 g/mol. The molecular formula is C15H14Cl2FNO2. The summed E-state index contributed by atoms with van der Waals surface area (Å²) in [6.45, 7) is 0. The fourth-order valence-corrected chi connectivity index (χ4v) is 2.70.